The van der Waals surface area contributed by atoms with Gasteiger partial charge in [0.1, 0.15) is 9.79 Å². The summed E-state index contributed by atoms with van der Waals surface area (Å²) >= 11 is 12.3. The molecule has 6 aromatic rings. The van der Waals surface area contributed by atoms with Crippen LogP contribution in [-0.4, -0.2) is 80.7 Å². The van der Waals surface area contributed by atoms with Gasteiger partial charge in [0.25, 0.3) is 32.1 Å². The number of rotatable bonds is 18. The van der Waals surface area contributed by atoms with E-state index in [0.29, 0.717) is 35.6 Å². The van der Waals surface area contributed by atoms with Crippen LogP contribution in [0.4, 0.5) is 46.5 Å². The molecule has 0 bridgehead atoms. The lowest BCUT2D eigenvalue weighted by Gasteiger charge is -2.12. The van der Waals surface area contributed by atoms with Crippen molar-refractivity contribution in [2.45, 2.75) is 36.5 Å². The third-order valence-corrected chi connectivity index (χ3v) is 10.8. The van der Waals surface area contributed by atoms with Gasteiger partial charge in [-0.1, -0.05) is 38.1 Å². The molecule has 2 amide bonds. The smallest absolute Gasteiger partial charge is 0.295 e. The number of amides is 2. The second kappa shape index (κ2) is 20.6. The average molecular weight is 950 g/mol. The highest BCUT2D eigenvalue weighted by atomic mass is 35.5. The lowest BCUT2D eigenvalue weighted by molar-refractivity contribution is 0.0945. The quantitative estimate of drug-likeness (QED) is 0.0310. The molecule has 0 atom stereocenters. The van der Waals surface area contributed by atoms with Crippen LogP contribution in [0.15, 0.2) is 94.7 Å². The van der Waals surface area contributed by atoms with Crippen LogP contribution in [0.1, 0.15) is 58.5 Å². The zero-order chi connectivity index (χ0) is 46.0. The van der Waals surface area contributed by atoms with Crippen LogP contribution >= 0.6 is 23.2 Å². The number of benzene rings is 4. The van der Waals surface area contributed by atoms with Gasteiger partial charge in [0, 0.05) is 47.0 Å². The normalized spacial score (nSPS) is 11.5. The second-order valence-electron chi connectivity index (χ2n) is 13.5. The van der Waals surface area contributed by atoms with E-state index in [1.54, 1.807) is 48.5 Å². The lowest BCUT2D eigenvalue weighted by atomic mass is 10.1. The van der Waals surface area contributed by atoms with Crippen molar-refractivity contribution in [1.29, 1.82) is 0 Å². The molecule has 2 aromatic heterocycles. The van der Waals surface area contributed by atoms with E-state index in [-0.39, 0.29) is 68.7 Å². The summed E-state index contributed by atoms with van der Waals surface area (Å²) in [5.74, 6) is -0.598. The summed E-state index contributed by atoms with van der Waals surface area (Å²) in [6.45, 7) is 4.97. The first-order chi connectivity index (χ1) is 30.5. The molecule has 0 unspecified atom stereocenters. The molecule has 20 nitrogen and oxygen atoms in total. The molecule has 0 aliphatic carbocycles. The molecule has 0 fully saturated rings. The van der Waals surface area contributed by atoms with Crippen LogP contribution in [0.5, 0.6) is 0 Å². The minimum atomic E-state index is -4.88. The molecule has 6 rings (SSSR count). The van der Waals surface area contributed by atoms with E-state index in [2.05, 4.69) is 61.8 Å². The molecule has 4 aromatic carbocycles. The number of nitrogens with one attached hydrogen (secondary N) is 6. The Balaban J connectivity index is 1.18. The monoisotopic (exact) mass is 948 g/mol. The van der Waals surface area contributed by atoms with Gasteiger partial charge in [-0.05, 0) is 120 Å². The Labute approximate surface area is 376 Å². The standard InChI is InChI=1S/C40H38Cl2N12O8S2/c1-3-19-43-33(55)25-9-13-27(14-10-25)45-37-49-35(41)51-39(53-37)47-29-17-7-23(31(21-29)63(57,58)59)5-6-24-8-18-30(22-32(24)64(60,61)62)48-40-52-36(42)50-38(54-40)46-28-15-11-26(12-16-28)34(56)44-20-4-2/h5-18,21-22H,3-4,19-20H2,1-2H3,(H,43,55)(H,44,56)(H,57,58,59)(H,60,61,62)(H2,45,47,49,51,53)(H2,46,48,50,52,54)/b6-5+. The predicted octanol–water partition coefficient (Wildman–Crippen LogP) is 7.28. The van der Waals surface area contributed by atoms with Gasteiger partial charge >= 0.3 is 0 Å². The first-order valence-electron chi connectivity index (χ1n) is 19.1. The summed E-state index contributed by atoms with van der Waals surface area (Å²) in [4.78, 5) is 48.0. The number of aromatic nitrogens is 6. The minimum absolute atomic E-state index is 0.0168. The Morgan fingerprint density at radius 2 is 0.828 bits per heavy atom. The number of hydrogen-bond donors (Lipinski definition) is 8. The molecule has 2 heterocycles. The SMILES string of the molecule is CCCNC(=O)c1ccc(Nc2nc(Cl)nc(Nc3ccc(/C=C/c4ccc(Nc5nc(Cl)nc(Nc6ccc(C(=O)NCCC)cc6)n5)cc4S(=O)(=O)O)c(S(=O)(=O)O)c3)n2)cc1. The maximum absolute atomic E-state index is 12.6. The summed E-state index contributed by atoms with van der Waals surface area (Å²) in [7, 11) is -9.76. The Bertz CT molecular complexity index is 2750. The first kappa shape index (κ1) is 46.7. The zero-order valence-electron chi connectivity index (χ0n) is 33.7. The molecule has 0 saturated carbocycles. The van der Waals surface area contributed by atoms with Crippen molar-refractivity contribution < 1.29 is 35.5 Å². The number of anilines is 8. The summed E-state index contributed by atoms with van der Waals surface area (Å²) in [6, 6.07) is 20.7. The molecule has 0 aliphatic rings. The van der Waals surface area contributed by atoms with Gasteiger partial charge in [-0.2, -0.15) is 46.7 Å². The van der Waals surface area contributed by atoms with E-state index in [1.165, 1.54) is 36.4 Å². The molecule has 64 heavy (non-hydrogen) atoms. The van der Waals surface area contributed by atoms with Crippen LogP contribution in [0.25, 0.3) is 12.2 Å². The second-order valence-corrected chi connectivity index (χ2v) is 16.9. The van der Waals surface area contributed by atoms with E-state index in [4.69, 9.17) is 23.2 Å². The molecule has 0 saturated heterocycles. The fourth-order valence-corrected chi connectivity index (χ4v) is 7.40. The van der Waals surface area contributed by atoms with Gasteiger partial charge in [-0.25, -0.2) is 0 Å². The third-order valence-electron chi connectivity index (χ3n) is 8.63. The Morgan fingerprint density at radius 3 is 1.14 bits per heavy atom. The molecule has 0 radical (unpaired) electrons. The molecular weight excluding hydrogens is 912 g/mol. The summed E-state index contributed by atoms with van der Waals surface area (Å²) in [5.41, 5.74) is 2.05. The van der Waals surface area contributed by atoms with Gasteiger partial charge in [0.2, 0.25) is 34.4 Å². The molecule has 0 spiro atoms. The van der Waals surface area contributed by atoms with E-state index in [0.717, 1.165) is 25.0 Å². The molecule has 24 heteroatoms. The maximum atomic E-state index is 12.6. The summed E-state index contributed by atoms with van der Waals surface area (Å²) in [6.07, 6.45) is 4.03. The molecule has 0 aliphatic heterocycles. The van der Waals surface area contributed by atoms with Crippen molar-refractivity contribution in [1.82, 2.24) is 40.5 Å². The molecular formula is C40H38Cl2N12O8S2. The highest BCUT2D eigenvalue weighted by molar-refractivity contribution is 7.86. The Hall–Kier alpha value is -6.82. The minimum Gasteiger partial charge on any atom is -0.352 e. The zero-order valence-corrected chi connectivity index (χ0v) is 36.8. The fraction of sp³-hybridized carbons (Fsp3) is 0.150. The van der Waals surface area contributed by atoms with E-state index in [1.807, 2.05) is 13.8 Å². The number of carbonyl (C=O) groups is 2. The van der Waals surface area contributed by atoms with Crippen LogP contribution in [-0.2, 0) is 20.2 Å². The van der Waals surface area contributed by atoms with Crippen LogP contribution < -0.4 is 31.9 Å². The van der Waals surface area contributed by atoms with Crippen molar-refractivity contribution >= 4 is 114 Å². The average Bonchev–Trinajstić information content (AvgIpc) is 3.24. The Kier molecular flexibility index (Phi) is 15.0. The molecule has 332 valence electrons. The van der Waals surface area contributed by atoms with E-state index >= 15 is 0 Å². The van der Waals surface area contributed by atoms with Crippen molar-refractivity contribution in [2.24, 2.45) is 0 Å². The number of nitrogens with zero attached hydrogens (tertiary/aromatic N) is 6. The summed E-state index contributed by atoms with van der Waals surface area (Å²) in [5, 5.41) is 16.7. The highest BCUT2D eigenvalue weighted by Gasteiger charge is 2.19. The highest BCUT2D eigenvalue weighted by Crippen LogP contribution is 2.29. The van der Waals surface area contributed by atoms with Gasteiger partial charge in [0.15, 0.2) is 0 Å². The summed E-state index contributed by atoms with van der Waals surface area (Å²) < 4.78 is 70.6. The topological polar surface area (TPSA) is 292 Å². The van der Waals surface area contributed by atoms with Gasteiger partial charge in [-0.3, -0.25) is 18.7 Å². The predicted molar refractivity (Wildman–Crippen MR) is 242 cm³/mol. The van der Waals surface area contributed by atoms with Crippen molar-refractivity contribution in [3.8, 4) is 0 Å². The number of carbonyl (C=O) groups excluding carboxylic acids is 2. The third kappa shape index (κ3) is 12.9. The maximum Gasteiger partial charge on any atom is 0.295 e. The van der Waals surface area contributed by atoms with Gasteiger partial charge < -0.3 is 31.9 Å². The van der Waals surface area contributed by atoms with Crippen molar-refractivity contribution in [3.63, 3.8) is 0 Å². The van der Waals surface area contributed by atoms with Gasteiger partial charge in [-0.15, -0.1) is 0 Å². The fourth-order valence-electron chi connectivity index (χ4n) is 5.66. The molecule has 8 N–H and O–H groups in total. The number of halogens is 2. The van der Waals surface area contributed by atoms with Gasteiger partial charge in [0.05, 0.1) is 0 Å². The van der Waals surface area contributed by atoms with Crippen LogP contribution in [0.3, 0.4) is 0 Å². The van der Waals surface area contributed by atoms with Crippen molar-refractivity contribution in [3.05, 3.63) is 118 Å². The first-order valence-corrected chi connectivity index (χ1v) is 22.7. The van der Waals surface area contributed by atoms with Crippen LogP contribution in [0.2, 0.25) is 10.6 Å². The van der Waals surface area contributed by atoms with Crippen LogP contribution in [0, 0.1) is 0 Å². The largest absolute Gasteiger partial charge is 0.352 e. The Morgan fingerprint density at radius 1 is 0.516 bits per heavy atom. The van der Waals surface area contributed by atoms with E-state index < -0.39 is 30.0 Å². The van der Waals surface area contributed by atoms with E-state index in [9.17, 15) is 35.5 Å². The van der Waals surface area contributed by atoms with Crippen molar-refractivity contribution in [2.75, 3.05) is 34.4 Å². The lowest BCUT2D eigenvalue weighted by Crippen LogP contribution is -2.23. The number of hydrogen-bond acceptors (Lipinski definition) is 16.